The second kappa shape index (κ2) is 10.9. The van der Waals surface area contributed by atoms with Crippen molar-refractivity contribution in [2.75, 3.05) is 13.1 Å². The van der Waals surface area contributed by atoms with E-state index in [2.05, 4.69) is 10.6 Å². The third-order valence-corrected chi connectivity index (χ3v) is 5.54. The lowest BCUT2D eigenvalue weighted by Crippen LogP contribution is -2.50. The molecule has 0 bridgehead atoms. The Morgan fingerprint density at radius 3 is 2.25 bits per heavy atom. The normalized spacial score (nSPS) is 15.3. The van der Waals surface area contributed by atoms with E-state index in [1.54, 1.807) is 17.0 Å². The van der Waals surface area contributed by atoms with Crippen LogP contribution in [-0.2, 0) is 9.59 Å². The maximum atomic E-state index is 13.8. The number of nitrogens with one attached hydrogen (secondary N) is 2. The van der Waals surface area contributed by atoms with Crippen LogP contribution in [-0.4, -0.2) is 41.8 Å². The molecular weight excluding hydrogens is 409 g/mol. The minimum atomic E-state index is -0.744. The highest BCUT2D eigenvalue weighted by molar-refractivity contribution is 5.94. The molecule has 2 N–H and O–H groups in total. The summed E-state index contributed by atoms with van der Waals surface area (Å²) in [6.07, 6.45) is 1.47. The lowest BCUT2D eigenvalue weighted by Gasteiger charge is -2.35. The summed E-state index contributed by atoms with van der Waals surface area (Å²) in [6.45, 7) is 4.81. The average molecular weight is 440 g/mol. The van der Waals surface area contributed by atoms with E-state index in [1.165, 1.54) is 12.1 Å². The molecule has 1 unspecified atom stereocenters. The third-order valence-electron chi connectivity index (χ3n) is 5.54. The Balaban J connectivity index is 1.62. The maximum Gasteiger partial charge on any atom is 0.254 e. The highest BCUT2D eigenvalue weighted by Crippen LogP contribution is 2.20. The van der Waals surface area contributed by atoms with Gasteiger partial charge in [0.25, 0.3) is 5.91 Å². The van der Waals surface area contributed by atoms with Crippen molar-refractivity contribution in [3.05, 3.63) is 71.5 Å². The Labute approximate surface area is 188 Å². The molecule has 0 saturated carbocycles. The van der Waals surface area contributed by atoms with Crippen LogP contribution in [0.5, 0.6) is 0 Å². The Morgan fingerprint density at radius 1 is 1.00 bits per heavy atom. The molecule has 6 nitrogen and oxygen atoms in total. The number of carbonyl (C=O) groups is 3. The van der Waals surface area contributed by atoms with E-state index in [9.17, 15) is 18.8 Å². The van der Waals surface area contributed by atoms with E-state index in [4.69, 9.17) is 0 Å². The SMILES string of the molecule is CC(C)CC(=O)NC(C(=O)N1CCC(NC(=O)c2ccccc2F)CC1)c1ccccc1. The number of amides is 3. The molecule has 1 saturated heterocycles. The highest BCUT2D eigenvalue weighted by atomic mass is 19.1. The van der Waals surface area contributed by atoms with E-state index in [0.717, 1.165) is 5.56 Å². The van der Waals surface area contributed by atoms with Crippen molar-refractivity contribution >= 4 is 17.7 Å². The molecule has 1 atom stereocenters. The number of nitrogens with zero attached hydrogens (tertiary/aromatic N) is 1. The Morgan fingerprint density at radius 2 is 1.62 bits per heavy atom. The van der Waals surface area contributed by atoms with Crippen molar-refractivity contribution in [1.29, 1.82) is 0 Å². The van der Waals surface area contributed by atoms with Gasteiger partial charge in [-0.15, -0.1) is 0 Å². The van der Waals surface area contributed by atoms with Crippen molar-refractivity contribution in [3.63, 3.8) is 0 Å². The summed E-state index contributed by atoms with van der Waals surface area (Å²) in [5, 5.41) is 5.75. The van der Waals surface area contributed by atoms with E-state index in [-0.39, 0.29) is 29.3 Å². The minimum Gasteiger partial charge on any atom is -0.349 e. The predicted octanol–water partition coefficient (Wildman–Crippen LogP) is 3.45. The first-order valence-corrected chi connectivity index (χ1v) is 11.0. The summed E-state index contributed by atoms with van der Waals surface area (Å²) >= 11 is 0. The maximum absolute atomic E-state index is 13.8. The molecule has 0 aliphatic carbocycles. The molecule has 0 spiro atoms. The molecule has 3 rings (SSSR count). The van der Waals surface area contributed by atoms with Gasteiger partial charge in [-0.25, -0.2) is 4.39 Å². The molecule has 7 heteroatoms. The van der Waals surface area contributed by atoms with E-state index in [1.807, 2.05) is 44.2 Å². The van der Waals surface area contributed by atoms with Crippen molar-refractivity contribution in [1.82, 2.24) is 15.5 Å². The van der Waals surface area contributed by atoms with E-state index in [0.29, 0.717) is 32.4 Å². The van der Waals surface area contributed by atoms with Crippen LogP contribution >= 0.6 is 0 Å². The first-order chi connectivity index (χ1) is 15.3. The fourth-order valence-electron chi connectivity index (χ4n) is 3.86. The molecule has 2 aromatic rings. The fourth-order valence-corrected chi connectivity index (χ4v) is 3.86. The number of carbonyl (C=O) groups excluding carboxylic acids is 3. The van der Waals surface area contributed by atoms with Crippen LogP contribution in [0.4, 0.5) is 4.39 Å². The molecule has 1 aliphatic heterocycles. The zero-order valence-corrected chi connectivity index (χ0v) is 18.5. The molecule has 0 aromatic heterocycles. The Hall–Kier alpha value is -3.22. The zero-order valence-electron chi connectivity index (χ0n) is 18.5. The van der Waals surface area contributed by atoms with Gasteiger partial charge in [0.05, 0.1) is 5.56 Å². The average Bonchev–Trinajstić information content (AvgIpc) is 2.78. The predicted molar refractivity (Wildman–Crippen MR) is 120 cm³/mol. The number of halogens is 1. The number of piperidine rings is 1. The molecule has 32 heavy (non-hydrogen) atoms. The van der Waals surface area contributed by atoms with Crippen LogP contribution in [0, 0.1) is 11.7 Å². The van der Waals surface area contributed by atoms with E-state index >= 15 is 0 Å². The van der Waals surface area contributed by atoms with Gasteiger partial charge in [0.2, 0.25) is 11.8 Å². The standard InChI is InChI=1S/C25H30FN3O3/c1-17(2)16-22(30)28-23(18-8-4-3-5-9-18)25(32)29-14-12-19(13-15-29)27-24(31)20-10-6-7-11-21(20)26/h3-11,17,19,23H,12-16H2,1-2H3,(H,27,31)(H,28,30). The van der Waals surface area contributed by atoms with Crippen LogP contribution in [0.1, 0.15) is 55.1 Å². The summed E-state index contributed by atoms with van der Waals surface area (Å²) in [6, 6.07) is 14.2. The van der Waals surface area contributed by atoms with Gasteiger partial charge in [-0.1, -0.05) is 56.3 Å². The molecule has 170 valence electrons. The smallest absolute Gasteiger partial charge is 0.254 e. The van der Waals surface area contributed by atoms with Gasteiger partial charge in [0, 0.05) is 25.6 Å². The molecule has 1 heterocycles. The van der Waals surface area contributed by atoms with Crippen LogP contribution in [0.15, 0.2) is 54.6 Å². The first kappa shape index (κ1) is 23.4. The van der Waals surface area contributed by atoms with Crippen LogP contribution in [0.2, 0.25) is 0 Å². The van der Waals surface area contributed by atoms with E-state index < -0.39 is 17.8 Å². The second-order valence-electron chi connectivity index (χ2n) is 8.56. The zero-order chi connectivity index (χ0) is 23.1. The Bertz CT molecular complexity index is 940. The highest BCUT2D eigenvalue weighted by Gasteiger charge is 2.31. The number of rotatable bonds is 7. The summed E-state index contributed by atoms with van der Waals surface area (Å²) in [5.41, 5.74) is 0.757. The number of hydrogen-bond acceptors (Lipinski definition) is 3. The number of likely N-dealkylation sites (tertiary alicyclic amines) is 1. The minimum absolute atomic E-state index is 0.0167. The van der Waals surface area contributed by atoms with Crippen molar-refractivity contribution in [2.24, 2.45) is 5.92 Å². The van der Waals surface area contributed by atoms with Gasteiger partial charge >= 0.3 is 0 Å². The number of benzene rings is 2. The Kier molecular flexibility index (Phi) is 7.98. The van der Waals surface area contributed by atoms with Gasteiger partial charge in [-0.05, 0) is 36.5 Å². The fraction of sp³-hybridized carbons (Fsp3) is 0.400. The second-order valence-corrected chi connectivity index (χ2v) is 8.56. The quantitative estimate of drug-likeness (QED) is 0.694. The number of hydrogen-bond donors (Lipinski definition) is 2. The van der Waals surface area contributed by atoms with Crippen molar-refractivity contribution in [2.45, 2.75) is 45.2 Å². The largest absolute Gasteiger partial charge is 0.349 e. The molecule has 2 aromatic carbocycles. The molecule has 3 amide bonds. The lowest BCUT2D eigenvalue weighted by molar-refractivity contribution is -0.137. The van der Waals surface area contributed by atoms with Gasteiger partial charge in [0.15, 0.2) is 0 Å². The van der Waals surface area contributed by atoms with Crippen molar-refractivity contribution in [3.8, 4) is 0 Å². The van der Waals surface area contributed by atoms with Crippen LogP contribution in [0.3, 0.4) is 0 Å². The van der Waals surface area contributed by atoms with Gasteiger partial charge in [0.1, 0.15) is 11.9 Å². The molecular formula is C25H30FN3O3. The van der Waals surface area contributed by atoms with Crippen LogP contribution in [0.25, 0.3) is 0 Å². The monoisotopic (exact) mass is 439 g/mol. The summed E-state index contributed by atoms with van der Waals surface area (Å²) < 4.78 is 13.8. The molecule has 1 fully saturated rings. The van der Waals surface area contributed by atoms with Gasteiger partial charge in [-0.3, -0.25) is 14.4 Å². The van der Waals surface area contributed by atoms with Crippen molar-refractivity contribution < 1.29 is 18.8 Å². The molecule has 0 radical (unpaired) electrons. The molecule has 1 aliphatic rings. The third kappa shape index (κ3) is 6.15. The first-order valence-electron chi connectivity index (χ1n) is 11.0. The summed E-state index contributed by atoms with van der Waals surface area (Å²) in [7, 11) is 0. The van der Waals surface area contributed by atoms with Gasteiger partial charge < -0.3 is 15.5 Å². The summed E-state index contributed by atoms with van der Waals surface area (Å²) in [5.74, 6) is -1.13. The van der Waals surface area contributed by atoms with Gasteiger partial charge in [-0.2, -0.15) is 0 Å². The van der Waals surface area contributed by atoms with Crippen LogP contribution < -0.4 is 10.6 Å². The summed E-state index contributed by atoms with van der Waals surface area (Å²) in [4.78, 5) is 39.8. The topological polar surface area (TPSA) is 78.5 Å². The lowest BCUT2D eigenvalue weighted by atomic mass is 10.0.